The van der Waals surface area contributed by atoms with Gasteiger partial charge in [0.1, 0.15) is 0 Å². The van der Waals surface area contributed by atoms with E-state index in [0.717, 1.165) is 73.8 Å². The average Bonchev–Trinajstić information content (AvgIpc) is 0.682. The fourth-order valence-corrected chi connectivity index (χ4v) is 33.0. The topological polar surface area (TPSA) is 19.0 Å². The maximum absolute atomic E-state index is 6.98. The number of benzene rings is 17. The van der Waals surface area contributed by atoms with E-state index < -0.39 is 24.2 Å². The molecular formula is C102H74BN3OSi3. The molecule has 0 spiro atoms. The van der Waals surface area contributed by atoms with E-state index in [1.807, 2.05) is 0 Å². The Hall–Kier alpha value is -13.3. The monoisotopic (exact) mass is 1450 g/mol. The van der Waals surface area contributed by atoms with Crippen LogP contribution >= 0.6 is 0 Å². The van der Waals surface area contributed by atoms with Gasteiger partial charge in [-0.1, -0.05) is 382 Å². The molecule has 17 aromatic carbocycles. The first-order valence-electron chi connectivity index (χ1n) is 38.1. The predicted octanol–water partition coefficient (Wildman–Crippen LogP) is 15.1. The van der Waals surface area contributed by atoms with Crippen LogP contribution in [0.5, 0.6) is 11.5 Å². The zero-order chi connectivity index (χ0) is 73.0. The summed E-state index contributed by atoms with van der Waals surface area (Å²) in [6.45, 7) is -0.292. The molecule has 110 heavy (non-hydrogen) atoms. The van der Waals surface area contributed by atoms with Gasteiger partial charge in [-0.3, -0.25) is 0 Å². The Labute approximate surface area is 647 Å². The van der Waals surface area contributed by atoms with Crippen molar-refractivity contribution in [1.82, 2.24) is 0 Å². The second-order valence-electron chi connectivity index (χ2n) is 28.9. The summed E-state index contributed by atoms with van der Waals surface area (Å²) in [5, 5.41) is 15.7. The number of anilines is 9. The lowest BCUT2D eigenvalue weighted by Crippen LogP contribution is -2.75. The van der Waals surface area contributed by atoms with Gasteiger partial charge in [-0.25, -0.2) is 0 Å². The smallest absolute Gasteiger partial charge is 0.252 e. The molecule has 0 atom stereocenters. The van der Waals surface area contributed by atoms with Crippen molar-refractivity contribution >= 4 is 161 Å². The van der Waals surface area contributed by atoms with Gasteiger partial charge in [0.05, 0.1) is 22.7 Å². The van der Waals surface area contributed by atoms with Gasteiger partial charge in [-0.2, -0.15) is 0 Å². The van der Waals surface area contributed by atoms with Gasteiger partial charge < -0.3 is 19.4 Å². The number of hydrogen-bond donors (Lipinski definition) is 0. The summed E-state index contributed by atoms with van der Waals surface area (Å²) in [4.78, 5) is 7.82. The largest absolute Gasteiger partial charge is 0.453 e. The van der Waals surface area contributed by atoms with Crippen LogP contribution in [0.1, 0.15) is 0 Å². The molecule has 20 rings (SSSR count). The molecular weight excluding hydrogens is 1380 g/mol. The molecule has 0 bridgehead atoms. The highest BCUT2D eigenvalue weighted by Gasteiger charge is 2.50. The number of nitrogens with zero attached hydrogens (tertiary/aromatic N) is 3. The third-order valence-corrected chi connectivity index (χ3v) is 37.6. The van der Waals surface area contributed by atoms with E-state index in [2.05, 4.69) is 464 Å². The Morgan fingerprint density at radius 2 is 0.482 bits per heavy atom. The minimum atomic E-state index is -3.24. The summed E-state index contributed by atoms with van der Waals surface area (Å²) in [7, 11) is -9.61. The molecule has 518 valence electrons. The zero-order valence-corrected chi connectivity index (χ0v) is 63.6. The summed E-state index contributed by atoms with van der Waals surface area (Å²) in [6, 6.07) is 170. The molecule has 0 saturated carbocycles. The molecule has 4 nitrogen and oxygen atoms in total. The van der Waals surface area contributed by atoms with Crippen molar-refractivity contribution in [2.75, 3.05) is 14.7 Å². The van der Waals surface area contributed by atoms with E-state index in [4.69, 9.17) is 4.74 Å². The number of rotatable bonds is 16. The fraction of sp³-hybridized carbons (Fsp3) is 0. The molecule has 8 heteroatoms. The normalized spacial score (nSPS) is 12.7. The molecule has 3 heterocycles. The molecule has 0 radical (unpaired) electrons. The van der Waals surface area contributed by atoms with Crippen LogP contribution in [-0.2, 0) is 0 Å². The van der Waals surface area contributed by atoms with Gasteiger partial charge in [-0.05, 0) is 151 Å². The SMILES string of the molecule is c1ccc(-c2ccccc2N2c3cc([Si](c4ccccc4)(c4ccccc4)c4ccccc4)ccc3B3c4ccc([Si](c5ccccc5)(c5ccccc5)c5ccccc5)cc4N(c4cccc([Si](c5ccccc5)(c5ccccc5)c5ccccc5)c4)c4cc(N5c6ccccc6Oc6ccccc65)cc2c43)cc1. The van der Waals surface area contributed by atoms with Gasteiger partial charge in [-0.15, -0.1) is 0 Å². The van der Waals surface area contributed by atoms with Crippen LogP contribution in [0.4, 0.5) is 51.2 Å². The van der Waals surface area contributed by atoms with Gasteiger partial charge in [0.2, 0.25) is 0 Å². The Kier molecular flexibility index (Phi) is 16.7. The lowest BCUT2D eigenvalue weighted by molar-refractivity contribution is 0.477. The van der Waals surface area contributed by atoms with E-state index >= 15 is 0 Å². The lowest BCUT2D eigenvalue weighted by atomic mass is 9.33. The van der Waals surface area contributed by atoms with Crippen LogP contribution < -0.4 is 98.1 Å². The van der Waals surface area contributed by atoms with Crippen molar-refractivity contribution in [2.45, 2.75) is 0 Å². The van der Waals surface area contributed by atoms with Crippen molar-refractivity contribution in [1.29, 1.82) is 0 Å². The summed E-state index contributed by atoms with van der Waals surface area (Å²) in [5.41, 5.74) is 15.4. The molecule has 0 N–H and O–H groups in total. The van der Waals surface area contributed by atoms with Crippen LogP contribution in [0.25, 0.3) is 11.1 Å². The highest BCUT2D eigenvalue weighted by molar-refractivity contribution is 7.21. The lowest BCUT2D eigenvalue weighted by Gasteiger charge is -2.46. The molecule has 0 unspecified atom stereocenters. The second-order valence-corrected chi connectivity index (χ2v) is 40.3. The zero-order valence-electron chi connectivity index (χ0n) is 60.6. The van der Waals surface area contributed by atoms with Gasteiger partial charge >= 0.3 is 0 Å². The minimum absolute atomic E-state index is 0.292. The number of ether oxygens (including phenoxy) is 1. The maximum Gasteiger partial charge on any atom is 0.252 e. The Balaban J connectivity index is 0.961. The Morgan fingerprint density at radius 3 is 0.864 bits per heavy atom. The Morgan fingerprint density at radius 1 is 0.191 bits per heavy atom. The second kappa shape index (κ2) is 27.8. The standard InChI is InChI=1S/C102H74BN3OSi3/c1-11-38-75(39-12-1)90-60-31-32-61-93(90)106-97-74-89(110(84-53-25-8-26-54-84,85-55-27-9-28-56-85)86-57-29-10-30-58-86)67-69-92(97)103-91-68-66-88(109(81-47-19-5-20-48-81,82-49-21-6-22-50-82)83-51-23-7-24-52-83)73-96(91)104(98-71-77(72-99(106)102(98)103)105-94-62-33-35-64-100(94)107-101-65-36-34-63-95(101)105)76-40-37-59-87(70-76)108(78-41-13-2-14-42-78,79-43-15-3-16-44-79)80-45-17-4-18-46-80/h1-74H. The van der Waals surface area contributed by atoms with Crippen LogP contribution in [0, 0.1) is 0 Å². The first kappa shape index (κ1) is 66.1. The number of hydrogen-bond acceptors (Lipinski definition) is 4. The summed E-state index contributed by atoms with van der Waals surface area (Å²) in [5.74, 6) is 1.57. The van der Waals surface area contributed by atoms with Crippen LogP contribution in [-0.4, -0.2) is 30.9 Å². The molecule has 0 aromatic heterocycles. The van der Waals surface area contributed by atoms with Crippen LogP contribution in [0.15, 0.2) is 449 Å². The highest BCUT2D eigenvalue weighted by atomic mass is 28.3. The van der Waals surface area contributed by atoms with Crippen molar-refractivity contribution in [3.05, 3.63) is 449 Å². The van der Waals surface area contributed by atoms with Crippen LogP contribution in [0.2, 0.25) is 0 Å². The average molecular weight is 1450 g/mol. The van der Waals surface area contributed by atoms with E-state index in [-0.39, 0.29) is 6.71 Å². The minimum Gasteiger partial charge on any atom is -0.453 e. The maximum atomic E-state index is 6.98. The van der Waals surface area contributed by atoms with E-state index in [1.54, 1.807) is 0 Å². The number of fused-ring (bicyclic) bond motifs is 6. The van der Waals surface area contributed by atoms with E-state index in [9.17, 15) is 0 Å². The van der Waals surface area contributed by atoms with Crippen molar-refractivity contribution in [3.8, 4) is 22.6 Å². The predicted molar refractivity (Wildman–Crippen MR) is 472 cm³/mol. The van der Waals surface area contributed by atoms with Crippen molar-refractivity contribution < 1.29 is 4.74 Å². The summed E-state index contributed by atoms with van der Waals surface area (Å²) >= 11 is 0. The first-order chi connectivity index (χ1) is 54.6. The molecule has 3 aliphatic heterocycles. The molecule has 0 aliphatic carbocycles. The molecule has 0 saturated heterocycles. The summed E-state index contributed by atoms with van der Waals surface area (Å²) < 4.78 is 6.98. The van der Waals surface area contributed by atoms with Crippen molar-refractivity contribution in [2.24, 2.45) is 0 Å². The van der Waals surface area contributed by atoms with Gasteiger partial charge in [0, 0.05) is 34.0 Å². The summed E-state index contributed by atoms with van der Waals surface area (Å²) in [6.07, 6.45) is 0. The fourth-order valence-electron chi connectivity index (χ4n) is 18.7. The van der Waals surface area contributed by atoms with E-state index in [1.165, 1.54) is 78.6 Å². The van der Waals surface area contributed by atoms with Crippen LogP contribution in [0.3, 0.4) is 0 Å². The molecule has 3 aliphatic rings. The number of para-hydroxylation sites is 5. The van der Waals surface area contributed by atoms with Crippen molar-refractivity contribution in [3.63, 3.8) is 0 Å². The van der Waals surface area contributed by atoms with E-state index in [0.29, 0.717) is 0 Å². The van der Waals surface area contributed by atoms with Gasteiger partial charge in [0.25, 0.3) is 6.71 Å². The van der Waals surface area contributed by atoms with Gasteiger partial charge in [0.15, 0.2) is 35.7 Å². The first-order valence-corrected chi connectivity index (χ1v) is 44.1. The Bertz CT molecular complexity index is 5880. The molecule has 0 fully saturated rings. The molecule has 0 amide bonds. The highest BCUT2D eigenvalue weighted by Crippen LogP contribution is 2.54. The molecule has 17 aromatic rings. The third-order valence-electron chi connectivity index (χ3n) is 23.2. The third kappa shape index (κ3) is 10.6. The quantitative estimate of drug-likeness (QED) is 0.0709.